The van der Waals surface area contributed by atoms with Crippen molar-refractivity contribution in [3.05, 3.63) is 89.2 Å². The van der Waals surface area contributed by atoms with Crippen LogP contribution in [0.1, 0.15) is 10.4 Å². The topological polar surface area (TPSA) is 35.6 Å². The molecule has 1 aliphatic rings. The summed E-state index contributed by atoms with van der Waals surface area (Å²) in [4.78, 5) is 15.3. The van der Waals surface area contributed by atoms with E-state index in [2.05, 4.69) is 5.32 Å². The smallest absolute Gasteiger partial charge is 0.255 e. The van der Waals surface area contributed by atoms with Crippen molar-refractivity contribution in [2.75, 3.05) is 41.3 Å². The van der Waals surface area contributed by atoms with Crippen molar-refractivity contribution >= 4 is 23.0 Å². The van der Waals surface area contributed by atoms with E-state index in [4.69, 9.17) is 0 Å². The molecule has 166 valence electrons. The number of carbonyl (C=O) groups excluding carboxylic acids is 1. The fraction of sp³-hybridized carbons (Fsp3) is 0.174. The second kappa shape index (κ2) is 8.86. The fourth-order valence-corrected chi connectivity index (χ4v) is 3.61. The summed E-state index contributed by atoms with van der Waals surface area (Å²) in [6, 6.07) is 15.8. The van der Waals surface area contributed by atoms with Gasteiger partial charge in [-0.25, -0.2) is 22.0 Å². The minimum Gasteiger partial charge on any atom is -0.368 e. The van der Waals surface area contributed by atoms with Crippen LogP contribution in [0, 0.1) is 29.1 Å². The van der Waals surface area contributed by atoms with Crippen LogP contribution >= 0.6 is 0 Å². The summed E-state index contributed by atoms with van der Waals surface area (Å²) in [5, 5.41) is 2.79. The molecule has 1 amide bonds. The number of carbonyl (C=O) groups is 1. The molecule has 4 nitrogen and oxygen atoms in total. The lowest BCUT2D eigenvalue weighted by Crippen LogP contribution is -2.47. The molecule has 1 N–H and O–H groups in total. The van der Waals surface area contributed by atoms with E-state index >= 15 is 0 Å². The van der Waals surface area contributed by atoms with Crippen LogP contribution in [0.4, 0.5) is 39.0 Å². The molecule has 1 heterocycles. The molecule has 0 radical (unpaired) electrons. The average molecular weight is 447 g/mol. The molecule has 1 saturated heterocycles. The number of hydrogen-bond donors (Lipinski definition) is 1. The minimum absolute atomic E-state index is 0.0743. The number of nitrogens with zero attached hydrogens (tertiary/aromatic N) is 2. The van der Waals surface area contributed by atoms with Crippen molar-refractivity contribution < 1.29 is 26.7 Å². The molecule has 1 fully saturated rings. The zero-order valence-corrected chi connectivity index (χ0v) is 16.7. The maximum Gasteiger partial charge on any atom is 0.255 e. The van der Waals surface area contributed by atoms with Gasteiger partial charge >= 0.3 is 0 Å². The third-order valence-corrected chi connectivity index (χ3v) is 5.31. The SMILES string of the molecule is O=C(Nc1ccc(N2CCN(c3c(F)c(F)c(F)c(F)c3F)CC2)cc1)c1ccccc1. The van der Waals surface area contributed by atoms with Gasteiger partial charge in [0.05, 0.1) is 0 Å². The Kier molecular flexibility index (Phi) is 5.98. The summed E-state index contributed by atoms with van der Waals surface area (Å²) in [7, 11) is 0. The summed E-state index contributed by atoms with van der Waals surface area (Å²) in [6.07, 6.45) is 0. The first-order valence-electron chi connectivity index (χ1n) is 9.84. The Morgan fingerprint density at radius 1 is 0.656 bits per heavy atom. The molecule has 0 bridgehead atoms. The summed E-state index contributed by atoms with van der Waals surface area (Å²) >= 11 is 0. The number of benzene rings is 3. The molecule has 0 unspecified atom stereocenters. The molecule has 0 spiro atoms. The quantitative estimate of drug-likeness (QED) is 0.349. The Labute approximate surface area is 180 Å². The second-order valence-electron chi connectivity index (χ2n) is 7.26. The highest BCUT2D eigenvalue weighted by Gasteiger charge is 2.30. The Balaban J connectivity index is 1.41. The Morgan fingerprint density at radius 3 is 1.72 bits per heavy atom. The van der Waals surface area contributed by atoms with E-state index in [1.165, 1.54) is 0 Å². The van der Waals surface area contributed by atoms with E-state index in [-0.39, 0.29) is 19.0 Å². The van der Waals surface area contributed by atoms with Gasteiger partial charge in [0.1, 0.15) is 5.69 Å². The van der Waals surface area contributed by atoms with Gasteiger partial charge in [-0.05, 0) is 36.4 Å². The number of anilines is 3. The summed E-state index contributed by atoms with van der Waals surface area (Å²) in [6.45, 7) is 0.778. The van der Waals surface area contributed by atoms with Gasteiger partial charge in [-0.2, -0.15) is 0 Å². The number of hydrogen-bond acceptors (Lipinski definition) is 3. The van der Waals surface area contributed by atoms with Crippen molar-refractivity contribution in [2.24, 2.45) is 0 Å². The van der Waals surface area contributed by atoms with Crippen LogP contribution in [0.5, 0.6) is 0 Å². The fourth-order valence-electron chi connectivity index (χ4n) is 3.61. The van der Waals surface area contributed by atoms with E-state index in [9.17, 15) is 26.7 Å². The highest BCUT2D eigenvalue weighted by atomic mass is 19.2. The molecule has 3 aromatic rings. The molecule has 0 atom stereocenters. The van der Waals surface area contributed by atoms with E-state index in [1.54, 1.807) is 48.5 Å². The van der Waals surface area contributed by atoms with E-state index in [0.29, 0.717) is 24.3 Å². The molecule has 1 aliphatic heterocycles. The Bertz CT molecular complexity index is 1100. The molecular weight excluding hydrogens is 429 g/mol. The average Bonchev–Trinajstić information content (AvgIpc) is 2.83. The van der Waals surface area contributed by atoms with Crippen LogP contribution in [0.25, 0.3) is 0 Å². The van der Waals surface area contributed by atoms with Gasteiger partial charge in [0, 0.05) is 43.1 Å². The van der Waals surface area contributed by atoms with Gasteiger partial charge in [0.25, 0.3) is 5.91 Å². The molecule has 4 rings (SSSR count). The van der Waals surface area contributed by atoms with Gasteiger partial charge in [0.15, 0.2) is 23.3 Å². The van der Waals surface area contributed by atoms with E-state index in [0.717, 1.165) is 10.6 Å². The summed E-state index contributed by atoms with van der Waals surface area (Å²) < 4.78 is 68.4. The summed E-state index contributed by atoms with van der Waals surface area (Å²) in [5.74, 6) is -9.96. The van der Waals surface area contributed by atoms with Crippen molar-refractivity contribution in [1.29, 1.82) is 0 Å². The van der Waals surface area contributed by atoms with Crippen molar-refractivity contribution in [2.45, 2.75) is 0 Å². The third-order valence-electron chi connectivity index (χ3n) is 5.31. The number of rotatable bonds is 4. The molecule has 3 aromatic carbocycles. The lowest BCUT2D eigenvalue weighted by molar-refractivity contribution is 0.102. The van der Waals surface area contributed by atoms with Gasteiger partial charge in [-0.3, -0.25) is 4.79 Å². The minimum atomic E-state index is -2.16. The van der Waals surface area contributed by atoms with Crippen LogP contribution < -0.4 is 15.1 Å². The predicted molar refractivity (Wildman–Crippen MR) is 111 cm³/mol. The van der Waals surface area contributed by atoms with Gasteiger partial charge < -0.3 is 15.1 Å². The van der Waals surface area contributed by atoms with Crippen molar-refractivity contribution in [3.63, 3.8) is 0 Å². The lowest BCUT2D eigenvalue weighted by Gasteiger charge is -2.37. The monoisotopic (exact) mass is 447 g/mol. The molecular formula is C23H18F5N3O. The molecule has 0 saturated carbocycles. The number of halogens is 5. The van der Waals surface area contributed by atoms with Gasteiger partial charge in [0.2, 0.25) is 5.82 Å². The van der Waals surface area contributed by atoms with E-state index < -0.39 is 34.8 Å². The first-order valence-corrected chi connectivity index (χ1v) is 9.84. The maximum absolute atomic E-state index is 14.1. The van der Waals surface area contributed by atoms with Crippen LogP contribution in [-0.2, 0) is 0 Å². The molecule has 32 heavy (non-hydrogen) atoms. The van der Waals surface area contributed by atoms with Gasteiger partial charge in [-0.15, -0.1) is 0 Å². The van der Waals surface area contributed by atoms with Gasteiger partial charge in [-0.1, -0.05) is 18.2 Å². The van der Waals surface area contributed by atoms with E-state index in [1.807, 2.05) is 11.0 Å². The van der Waals surface area contributed by atoms with Crippen LogP contribution in [0.15, 0.2) is 54.6 Å². The normalized spacial score (nSPS) is 13.9. The Hall–Kier alpha value is -3.62. The third kappa shape index (κ3) is 4.10. The van der Waals surface area contributed by atoms with Crippen LogP contribution in [-0.4, -0.2) is 32.1 Å². The largest absolute Gasteiger partial charge is 0.368 e. The molecule has 9 heteroatoms. The zero-order valence-electron chi connectivity index (χ0n) is 16.7. The first kappa shape index (κ1) is 21.6. The number of nitrogens with one attached hydrogen (secondary N) is 1. The number of amides is 1. The van der Waals surface area contributed by atoms with Crippen molar-refractivity contribution in [3.8, 4) is 0 Å². The maximum atomic E-state index is 14.1. The highest BCUT2D eigenvalue weighted by molar-refractivity contribution is 6.04. The van der Waals surface area contributed by atoms with Crippen molar-refractivity contribution in [1.82, 2.24) is 0 Å². The molecule has 0 aliphatic carbocycles. The number of piperazine rings is 1. The predicted octanol–water partition coefficient (Wildman–Crippen LogP) is 4.96. The standard InChI is InChI=1S/C23H18F5N3O/c24-17-18(25)20(27)22(21(28)19(17)26)31-12-10-30(11-13-31)16-8-6-15(7-9-16)29-23(32)14-4-2-1-3-5-14/h1-9H,10-13H2,(H,29,32). The zero-order chi connectivity index (χ0) is 22.8. The Morgan fingerprint density at radius 2 is 1.16 bits per heavy atom. The second-order valence-corrected chi connectivity index (χ2v) is 7.26. The van der Waals surface area contributed by atoms with Crippen LogP contribution in [0.3, 0.4) is 0 Å². The lowest BCUT2D eigenvalue weighted by atomic mass is 10.1. The molecule has 0 aromatic heterocycles. The van der Waals surface area contributed by atoms with Crippen LogP contribution in [0.2, 0.25) is 0 Å². The first-order chi connectivity index (χ1) is 15.4. The highest BCUT2D eigenvalue weighted by Crippen LogP contribution is 2.31. The summed E-state index contributed by atoms with van der Waals surface area (Å²) in [5.41, 5.74) is 1.03.